The van der Waals surface area contributed by atoms with Crippen molar-refractivity contribution in [2.24, 2.45) is 11.8 Å². The van der Waals surface area contributed by atoms with Gasteiger partial charge in [0.1, 0.15) is 11.5 Å². The third kappa shape index (κ3) is 5.61. The van der Waals surface area contributed by atoms with Crippen LogP contribution in [0, 0.1) is 11.8 Å². The molecule has 0 radical (unpaired) electrons. The average Bonchev–Trinajstić information content (AvgIpc) is 3.07. The molecule has 1 unspecified atom stereocenters. The minimum absolute atomic E-state index is 0.0235. The first-order valence-electron chi connectivity index (χ1n) is 9.07. The highest BCUT2D eigenvalue weighted by Gasteiger charge is 2.41. The predicted octanol–water partition coefficient (Wildman–Crippen LogP) is 3.98. The molecule has 0 bridgehead atoms. The van der Waals surface area contributed by atoms with Crippen molar-refractivity contribution in [2.45, 2.75) is 39.5 Å². The van der Waals surface area contributed by atoms with Crippen LogP contribution in [0.2, 0.25) is 0 Å². The molecule has 26 heavy (non-hydrogen) atoms. The zero-order valence-electron chi connectivity index (χ0n) is 16.7. The van der Waals surface area contributed by atoms with Crippen molar-refractivity contribution in [3.63, 3.8) is 0 Å². The number of ether oxygens (including phenoxy) is 5. The standard InChI is InChI=1S/C18H26O6.C2H6/c1-12-5-7-14(18(19)22-4)17(12)15-9-13(23-10-20-2)6-8-16(15)24-11-21-3;1-2/h6,8-9,12,14,17H,5,7,10-11H2,1-4H3;1-2H3/t12?,14-,17+;/m0./s1. The maximum Gasteiger partial charge on any atom is 0.309 e. The number of methoxy groups -OCH3 is 3. The number of rotatable bonds is 8. The van der Waals surface area contributed by atoms with Crippen LogP contribution in [0.4, 0.5) is 0 Å². The van der Waals surface area contributed by atoms with Gasteiger partial charge in [-0.25, -0.2) is 0 Å². The Kier molecular flexibility index (Phi) is 10.1. The van der Waals surface area contributed by atoms with Crippen molar-refractivity contribution in [3.8, 4) is 11.5 Å². The molecule has 1 fully saturated rings. The molecule has 3 atom stereocenters. The highest BCUT2D eigenvalue weighted by atomic mass is 16.7. The van der Waals surface area contributed by atoms with Crippen LogP contribution in [0.15, 0.2) is 18.2 Å². The summed E-state index contributed by atoms with van der Waals surface area (Å²) in [6.07, 6.45) is 1.78. The van der Waals surface area contributed by atoms with E-state index in [-0.39, 0.29) is 31.4 Å². The summed E-state index contributed by atoms with van der Waals surface area (Å²) in [5, 5.41) is 0. The van der Waals surface area contributed by atoms with Crippen LogP contribution in [-0.4, -0.2) is 40.9 Å². The minimum atomic E-state index is -0.176. The van der Waals surface area contributed by atoms with Crippen LogP contribution in [0.3, 0.4) is 0 Å². The Morgan fingerprint density at radius 3 is 2.31 bits per heavy atom. The topological polar surface area (TPSA) is 63.2 Å². The molecule has 0 spiro atoms. The minimum Gasteiger partial charge on any atom is -0.469 e. The summed E-state index contributed by atoms with van der Waals surface area (Å²) in [4.78, 5) is 12.2. The monoisotopic (exact) mass is 368 g/mol. The summed E-state index contributed by atoms with van der Waals surface area (Å²) in [7, 11) is 4.58. The fourth-order valence-electron chi connectivity index (χ4n) is 3.39. The number of benzene rings is 1. The van der Waals surface area contributed by atoms with E-state index in [0.29, 0.717) is 17.4 Å². The first-order chi connectivity index (χ1) is 12.6. The first kappa shape index (κ1) is 22.3. The fraction of sp³-hybridized carbons (Fsp3) is 0.650. The first-order valence-corrected chi connectivity index (χ1v) is 9.07. The second-order valence-corrected chi connectivity index (χ2v) is 6.01. The molecule has 1 aromatic carbocycles. The average molecular weight is 368 g/mol. The van der Waals surface area contributed by atoms with Crippen molar-refractivity contribution in [1.82, 2.24) is 0 Å². The molecule has 1 aromatic rings. The third-order valence-electron chi connectivity index (χ3n) is 4.50. The molecule has 0 saturated heterocycles. The Morgan fingerprint density at radius 2 is 1.69 bits per heavy atom. The van der Waals surface area contributed by atoms with E-state index in [1.807, 2.05) is 32.0 Å². The van der Waals surface area contributed by atoms with E-state index in [9.17, 15) is 4.79 Å². The van der Waals surface area contributed by atoms with E-state index in [0.717, 1.165) is 18.4 Å². The van der Waals surface area contributed by atoms with E-state index >= 15 is 0 Å². The lowest BCUT2D eigenvalue weighted by molar-refractivity contribution is -0.145. The second kappa shape index (κ2) is 11.8. The zero-order valence-corrected chi connectivity index (χ0v) is 16.7. The van der Waals surface area contributed by atoms with E-state index in [1.165, 1.54) is 7.11 Å². The lowest BCUT2D eigenvalue weighted by Crippen LogP contribution is -2.22. The molecular weight excluding hydrogens is 336 g/mol. The van der Waals surface area contributed by atoms with Gasteiger partial charge in [-0.2, -0.15) is 0 Å². The number of hydrogen-bond acceptors (Lipinski definition) is 6. The molecule has 0 heterocycles. The number of carbonyl (C=O) groups excluding carboxylic acids is 1. The normalized spacial score (nSPS) is 21.5. The predicted molar refractivity (Wildman–Crippen MR) is 99.4 cm³/mol. The molecule has 2 rings (SSSR count). The van der Waals surface area contributed by atoms with Gasteiger partial charge in [0.15, 0.2) is 13.6 Å². The molecular formula is C20H32O6. The molecule has 0 aliphatic heterocycles. The molecule has 0 aromatic heterocycles. The van der Waals surface area contributed by atoms with Crippen molar-refractivity contribution in [3.05, 3.63) is 23.8 Å². The summed E-state index contributed by atoms with van der Waals surface area (Å²) in [6.45, 7) is 6.46. The van der Waals surface area contributed by atoms with Gasteiger partial charge < -0.3 is 23.7 Å². The lowest BCUT2D eigenvalue weighted by Gasteiger charge is -2.24. The van der Waals surface area contributed by atoms with Crippen molar-refractivity contribution < 1.29 is 28.5 Å². The zero-order chi connectivity index (χ0) is 19.5. The van der Waals surface area contributed by atoms with Gasteiger partial charge in [-0.15, -0.1) is 0 Å². The van der Waals surface area contributed by atoms with Crippen molar-refractivity contribution >= 4 is 5.97 Å². The van der Waals surface area contributed by atoms with Crippen LogP contribution in [0.25, 0.3) is 0 Å². The van der Waals surface area contributed by atoms with Crippen LogP contribution in [0.1, 0.15) is 45.1 Å². The molecule has 0 N–H and O–H groups in total. The van der Waals surface area contributed by atoms with Gasteiger partial charge in [0.2, 0.25) is 0 Å². The van der Waals surface area contributed by atoms with Gasteiger partial charge in [-0.1, -0.05) is 20.8 Å². The van der Waals surface area contributed by atoms with Gasteiger partial charge in [-0.05, 0) is 37.0 Å². The Balaban J connectivity index is 0.00000163. The molecule has 0 amide bonds. The van der Waals surface area contributed by atoms with Gasteiger partial charge in [-0.3, -0.25) is 4.79 Å². The second-order valence-electron chi connectivity index (χ2n) is 6.01. The largest absolute Gasteiger partial charge is 0.469 e. The number of hydrogen-bond donors (Lipinski definition) is 0. The van der Waals surface area contributed by atoms with Crippen LogP contribution < -0.4 is 9.47 Å². The Labute approximate surface area is 156 Å². The van der Waals surface area contributed by atoms with Crippen LogP contribution in [-0.2, 0) is 19.0 Å². The summed E-state index contributed by atoms with van der Waals surface area (Å²) in [6, 6.07) is 5.59. The molecule has 6 heteroatoms. The number of carbonyl (C=O) groups is 1. The smallest absolute Gasteiger partial charge is 0.309 e. The summed E-state index contributed by atoms with van der Waals surface area (Å²) in [5.74, 6) is 1.40. The Morgan fingerprint density at radius 1 is 1.04 bits per heavy atom. The van der Waals surface area contributed by atoms with Crippen LogP contribution in [0.5, 0.6) is 11.5 Å². The summed E-state index contributed by atoms with van der Waals surface area (Å²) >= 11 is 0. The maximum atomic E-state index is 12.2. The molecule has 1 saturated carbocycles. The quantitative estimate of drug-likeness (QED) is 0.511. The Bertz CT molecular complexity index is 545. The van der Waals surface area contributed by atoms with Crippen molar-refractivity contribution in [2.75, 3.05) is 34.9 Å². The van der Waals surface area contributed by atoms with E-state index in [4.69, 9.17) is 23.7 Å². The van der Waals surface area contributed by atoms with E-state index < -0.39 is 0 Å². The molecule has 6 nitrogen and oxygen atoms in total. The van der Waals surface area contributed by atoms with E-state index in [1.54, 1.807) is 14.2 Å². The highest BCUT2D eigenvalue weighted by Crippen LogP contribution is 2.48. The Hall–Kier alpha value is -1.79. The van der Waals surface area contributed by atoms with Gasteiger partial charge in [0.25, 0.3) is 0 Å². The highest BCUT2D eigenvalue weighted by molar-refractivity contribution is 5.74. The number of esters is 1. The fourth-order valence-corrected chi connectivity index (χ4v) is 3.39. The van der Waals surface area contributed by atoms with E-state index in [2.05, 4.69) is 6.92 Å². The molecule has 1 aliphatic carbocycles. The summed E-state index contributed by atoms with van der Waals surface area (Å²) < 4.78 is 26.2. The molecule has 1 aliphatic rings. The maximum absolute atomic E-state index is 12.2. The summed E-state index contributed by atoms with van der Waals surface area (Å²) in [5.41, 5.74) is 0.945. The SMILES string of the molecule is CC.COCOc1ccc(OCOC)c([C@@H]2C(C)CC[C@@H]2C(=O)OC)c1. The van der Waals surface area contributed by atoms with Gasteiger partial charge in [0.05, 0.1) is 13.0 Å². The van der Waals surface area contributed by atoms with Crippen LogP contribution >= 0.6 is 0 Å². The van der Waals surface area contributed by atoms with Gasteiger partial charge in [0, 0.05) is 25.7 Å². The molecule has 148 valence electrons. The lowest BCUT2D eigenvalue weighted by atomic mass is 9.83. The van der Waals surface area contributed by atoms with Crippen molar-refractivity contribution in [1.29, 1.82) is 0 Å². The van der Waals surface area contributed by atoms with Gasteiger partial charge >= 0.3 is 5.97 Å². The third-order valence-corrected chi connectivity index (χ3v) is 4.50.